The fraction of sp³-hybridized carbons (Fsp3) is 0.500. The molecule has 1 saturated heterocycles. The van der Waals surface area contributed by atoms with Crippen molar-refractivity contribution in [1.82, 2.24) is 9.80 Å². The lowest BCUT2D eigenvalue weighted by Crippen LogP contribution is -2.52. The van der Waals surface area contributed by atoms with Crippen molar-refractivity contribution >= 4 is 17.8 Å². The minimum atomic E-state index is -0.904. The van der Waals surface area contributed by atoms with Crippen molar-refractivity contribution < 1.29 is 28.3 Å². The van der Waals surface area contributed by atoms with Gasteiger partial charge in [-0.05, 0) is 31.4 Å². The smallest absolute Gasteiger partial charge is 0.306 e. The van der Waals surface area contributed by atoms with Crippen LogP contribution in [-0.4, -0.2) is 58.9 Å². The van der Waals surface area contributed by atoms with E-state index >= 15 is 0 Å². The largest absolute Gasteiger partial charge is 0.481 e. The minimum Gasteiger partial charge on any atom is -0.481 e. The van der Waals surface area contributed by atoms with Crippen LogP contribution < -0.4 is 0 Å². The van der Waals surface area contributed by atoms with Crippen molar-refractivity contribution in [2.45, 2.75) is 19.3 Å². The van der Waals surface area contributed by atoms with Gasteiger partial charge in [0.1, 0.15) is 17.2 Å². The zero-order valence-electron chi connectivity index (χ0n) is 14.2. The fourth-order valence-electron chi connectivity index (χ4n) is 3.68. The number of benzene rings is 1. The number of carbonyl (C=O) groups is 3. The number of piperazine rings is 1. The molecule has 0 unspecified atom stereocenters. The minimum absolute atomic E-state index is 0.0991. The van der Waals surface area contributed by atoms with Crippen LogP contribution in [-0.2, 0) is 9.59 Å². The Morgan fingerprint density at radius 2 is 1.46 bits per heavy atom. The molecule has 1 aromatic carbocycles. The number of hydrogen-bond donors (Lipinski definition) is 1. The van der Waals surface area contributed by atoms with Crippen LogP contribution >= 0.6 is 0 Å². The summed E-state index contributed by atoms with van der Waals surface area (Å²) in [4.78, 5) is 38.9. The Morgan fingerprint density at radius 3 is 2.00 bits per heavy atom. The highest BCUT2D eigenvalue weighted by atomic mass is 19.1. The van der Waals surface area contributed by atoms with Crippen molar-refractivity contribution in [3.63, 3.8) is 0 Å². The highest BCUT2D eigenvalue weighted by molar-refractivity contribution is 5.95. The molecule has 1 saturated carbocycles. The summed E-state index contributed by atoms with van der Waals surface area (Å²) in [7, 11) is 0. The maximum atomic E-state index is 13.8. The molecule has 140 valence electrons. The molecule has 1 N–H and O–H groups in total. The van der Waals surface area contributed by atoms with Crippen LogP contribution in [0.2, 0.25) is 0 Å². The first-order valence-corrected chi connectivity index (χ1v) is 8.63. The Balaban J connectivity index is 1.58. The first-order valence-electron chi connectivity index (χ1n) is 8.63. The highest BCUT2D eigenvalue weighted by Gasteiger charge is 2.37. The number of aliphatic carboxylic acids is 1. The van der Waals surface area contributed by atoms with E-state index in [9.17, 15) is 23.2 Å². The molecule has 1 aliphatic carbocycles. The molecule has 1 heterocycles. The molecule has 3 rings (SSSR count). The van der Waals surface area contributed by atoms with Gasteiger partial charge in [-0.1, -0.05) is 6.07 Å². The summed E-state index contributed by atoms with van der Waals surface area (Å²) in [5, 5.41) is 9.04. The molecule has 1 aromatic rings. The first-order chi connectivity index (χ1) is 12.4. The Kier molecular flexibility index (Phi) is 5.20. The van der Waals surface area contributed by atoms with Crippen molar-refractivity contribution in [3.8, 4) is 0 Å². The van der Waals surface area contributed by atoms with Gasteiger partial charge in [-0.2, -0.15) is 0 Å². The van der Waals surface area contributed by atoms with E-state index in [1.807, 2.05) is 0 Å². The van der Waals surface area contributed by atoms with Crippen LogP contribution in [0.15, 0.2) is 18.2 Å². The molecule has 0 bridgehead atoms. The molecule has 0 aromatic heterocycles. The molecular formula is C18H20F2N2O4. The van der Waals surface area contributed by atoms with E-state index in [4.69, 9.17) is 5.11 Å². The third-order valence-corrected chi connectivity index (χ3v) is 5.19. The standard InChI is InChI=1S/C18H20F2N2O4/c19-13-2-1-3-14(20)15(13)17(24)22-8-6-21(7-9-22)16(23)11-4-5-12(10-11)18(25)26/h1-3,11-12H,4-10H2,(H,25,26)/t11-,12+/m0/s1. The third-order valence-electron chi connectivity index (χ3n) is 5.19. The summed E-state index contributed by atoms with van der Waals surface area (Å²) in [6, 6.07) is 3.27. The number of carboxylic acid groups (broad SMARTS) is 1. The summed E-state index contributed by atoms with van der Waals surface area (Å²) in [6.07, 6.45) is 1.39. The Hall–Kier alpha value is -2.51. The van der Waals surface area contributed by atoms with Crippen molar-refractivity contribution in [2.75, 3.05) is 26.2 Å². The van der Waals surface area contributed by atoms with Crippen molar-refractivity contribution in [1.29, 1.82) is 0 Å². The average Bonchev–Trinajstić information content (AvgIpc) is 3.11. The van der Waals surface area contributed by atoms with Crippen LogP contribution in [0.1, 0.15) is 29.6 Å². The van der Waals surface area contributed by atoms with Crippen LogP contribution in [0.4, 0.5) is 8.78 Å². The first kappa shape index (κ1) is 18.3. The number of halogens is 2. The number of amides is 2. The van der Waals surface area contributed by atoms with Crippen LogP contribution in [0, 0.1) is 23.5 Å². The monoisotopic (exact) mass is 366 g/mol. The number of nitrogens with zero attached hydrogens (tertiary/aromatic N) is 2. The lowest BCUT2D eigenvalue weighted by Gasteiger charge is -2.36. The highest BCUT2D eigenvalue weighted by Crippen LogP contribution is 2.32. The molecule has 0 radical (unpaired) electrons. The third kappa shape index (κ3) is 3.54. The molecular weight excluding hydrogens is 346 g/mol. The summed E-state index contributed by atoms with van der Waals surface area (Å²) in [5.41, 5.74) is -0.577. The maximum Gasteiger partial charge on any atom is 0.306 e. The van der Waals surface area contributed by atoms with Gasteiger partial charge in [0.15, 0.2) is 0 Å². The van der Waals surface area contributed by atoms with E-state index in [-0.39, 0.29) is 38.0 Å². The van der Waals surface area contributed by atoms with E-state index in [0.29, 0.717) is 19.3 Å². The van der Waals surface area contributed by atoms with Gasteiger partial charge in [0.2, 0.25) is 5.91 Å². The van der Waals surface area contributed by atoms with E-state index < -0.39 is 35.0 Å². The Labute approximate surface area is 149 Å². The number of carboxylic acids is 1. The fourth-order valence-corrected chi connectivity index (χ4v) is 3.68. The molecule has 6 nitrogen and oxygen atoms in total. The Bertz CT molecular complexity index is 712. The molecule has 2 amide bonds. The lowest BCUT2D eigenvalue weighted by molar-refractivity contribution is -0.142. The van der Waals surface area contributed by atoms with E-state index in [0.717, 1.165) is 12.1 Å². The number of hydrogen-bond acceptors (Lipinski definition) is 3. The number of carbonyl (C=O) groups excluding carboxylic acids is 2. The van der Waals surface area contributed by atoms with Gasteiger partial charge in [-0.15, -0.1) is 0 Å². The van der Waals surface area contributed by atoms with E-state index in [2.05, 4.69) is 0 Å². The van der Waals surface area contributed by atoms with Gasteiger partial charge < -0.3 is 14.9 Å². The van der Waals surface area contributed by atoms with Gasteiger partial charge in [0, 0.05) is 32.1 Å². The Morgan fingerprint density at radius 1 is 0.923 bits per heavy atom. The summed E-state index contributed by atoms with van der Waals surface area (Å²) >= 11 is 0. The van der Waals surface area contributed by atoms with E-state index in [1.54, 1.807) is 4.90 Å². The van der Waals surface area contributed by atoms with Crippen molar-refractivity contribution in [3.05, 3.63) is 35.4 Å². The van der Waals surface area contributed by atoms with Gasteiger partial charge in [0.25, 0.3) is 5.91 Å². The predicted molar refractivity (Wildman–Crippen MR) is 87.3 cm³/mol. The van der Waals surface area contributed by atoms with Crippen LogP contribution in [0.3, 0.4) is 0 Å². The van der Waals surface area contributed by atoms with Crippen LogP contribution in [0.5, 0.6) is 0 Å². The normalized spacial score (nSPS) is 23.2. The topological polar surface area (TPSA) is 77.9 Å². The predicted octanol–water partition coefficient (Wildman–Crippen LogP) is 1.75. The molecule has 2 fully saturated rings. The lowest BCUT2D eigenvalue weighted by atomic mass is 10.0. The maximum absolute atomic E-state index is 13.8. The molecule has 26 heavy (non-hydrogen) atoms. The number of rotatable bonds is 3. The average molecular weight is 366 g/mol. The van der Waals surface area contributed by atoms with Gasteiger partial charge in [-0.25, -0.2) is 8.78 Å². The second-order valence-corrected chi connectivity index (χ2v) is 6.76. The van der Waals surface area contributed by atoms with Gasteiger partial charge >= 0.3 is 5.97 Å². The summed E-state index contributed by atoms with van der Waals surface area (Å²) in [6.45, 7) is 0.921. The molecule has 1 aliphatic heterocycles. The van der Waals surface area contributed by atoms with Gasteiger partial charge in [-0.3, -0.25) is 14.4 Å². The zero-order valence-corrected chi connectivity index (χ0v) is 14.2. The SMILES string of the molecule is O=C(O)[C@@H]1CC[C@H](C(=O)N2CCN(C(=O)c3c(F)cccc3F)CC2)C1. The molecule has 2 aliphatic rings. The molecule has 0 spiro atoms. The zero-order chi connectivity index (χ0) is 18.8. The van der Waals surface area contributed by atoms with Crippen LogP contribution in [0.25, 0.3) is 0 Å². The summed E-state index contributed by atoms with van der Waals surface area (Å²) < 4.78 is 27.5. The molecule has 8 heteroatoms. The second kappa shape index (κ2) is 7.39. The molecule has 2 atom stereocenters. The van der Waals surface area contributed by atoms with Crippen molar-refractivity contribution in [2.24, 2.45) is 11.8 Å². The quantitative estimate of drug-likeness (QED) is 0.884. The van der Waals surface area contributed by atoms with E-state index in [1.165, 1.54) is 11.0 Å². The summed E-state index contributed by atoms with van der Waals surface area (Å²) in [5.74, 6) is -4.28. The second-order valence-electron chi connectivity index (χ2n) is 6.76. The van der Waals surface area contributed by atoms with Gasteiger partial charge in [0.05, 0.1) is 5.92 Å².